The normalized spacial score (nSPS) is 17.5. The molecular weight excluding hydrogens is 208 g/mol. The van der Waals surface area contributed by atoms with E-state index in [1.54, 1.807) is 0 Å². The molecule has 0 amide bonds. The van der Waals surface area contributed by atoms with E-state index in [9.17, 15) is 0 Å². The third-order valence-electron chi connectivity index (χ3n) is 3.78. The van der Waals surface area contributed by atoms with E-state index >= 15 is 0 Å². The largest absolute Gasteiger partial charge is 0.237 e. The van der Waals surface area contributed by atoms with Crippen LogP contribution < -0.4 is 0 Å². The summed E-state index contributed by atoms with van der Waals surface area (Å²) in [4.78, 5) is 9.46. The van der Waals surface area contributed by atoms with Gasteiger partial charge >= 0.3 is 0 Å². The molecular formula is C15H18N2. The first-order chi connectivity index (χ1) is 8.34. The zero-order valence-electron chi connectivity index (χ0n) is 10.3. The summed E-state index contributed by atoms with van der Waals surface area (Å²) in [6, 6.07) is 8.31. The van der Waals surface area contributed by atoms with E-state index in [1.807, 2.05) is 0 Å². The predicted molar refractivity (Wildman–Crippen MR) is 70.1 cm³/mol. The van der Waals surface area contributed by atoms with Gasteiger partial charge in [0.1, 0.15) is 5.82 Å². The minimum atomic E-state index is 0.590. The van der Waals surface area contributed by atoms with Gasteiger partial charge in [-0.25, -0.2) is 9.97 Å². The van der Waals surface area contributed by atoms with E-state index < -0.39 is 0 Å². The zero-order valence-corrected chi connectivity index (χ0v) is 10.3. The molecule has 0 spiro atoms. The van der Waals surface area contributed by atoms with Gasteiger partial charge < -0.3 is 0 Å². The Hall–Kier alpha value is -1.44. The number of hydrogen-bond donors (Lipinski definition) is 0. The fourth-order valence-corrected chi connectivity index (χ4v) is 2.80. The highest BCUT2D eigenvalue weighted by molar-refractivity contribution is 5.80. The van der Waals surface area contributed by atoms with Crippen LogP contribution in [0.1, 0.15) is 49.5 Å². The maximum atomic E-state index is 4.75. The molecule has 0 N–H and O–H groups in total. The molecule has 0 aliphatic heterocycles. The van der Waals surface area contributed by atoms with E-state index in [0.717, 1.165) is 17.0 Å². The topological polar surface area (TPSA) is 25.8 Å². The maximum absolute atomic E-state index is 4.75. The molecule has 17 heavy (non-hydrogen) atoms. The van der Waals surface area contributed by atoms with Crippen LogP contribution in [0.2, 0.25) is 0 Å². The van der Waals surface area contributed by atoms with Crippen LogP contribution in [0, 0.1) is 6.92 Å². The lowest BCUT2D eigenvalue weighted by Crippen LogP contribution is -2.09. The van der Waals surface area contributed by atoms with Crippen molar-refractivity contribution in [2.24, 2.45) is 0 Å². The van der Waals surface area contributed by atoms with Crippen molar-refractivity contribution >= 4 is 10.9 Å². The molecule has 0 saturated heterocycles. The van der Waals surface area contributed by atoms with Gasteiger partial charge in [-0.3, -0.25) is 0 Å². The van der Waals surface area contributed by atoms with Crippen LogP contribution in [0.5, 0.6) is 0 Å². The van der Waals surface area contributed by atoms with Crippen molar-refractivity contribution in [2.75, 3.05) is 0 Å². The van der Waals surface area contributed by atoms with Gasteiger partial charge in [0.05, 0.1) is 5.52 Å². The number of hydrogen-bond acceptors (Lipinski definition) is 2. The molecule has 3 rings (SSSR count). The number of para-hydroxylation sites is 1. The first-order valence-corrected chi connectivity index (χ1v) is 6.58. The number of rotatable bonds is 1. The molecule has 2 aromatic rings. The monoisotopic (exact) mass is 226 g/mol. The maximum Gasteiger partial charge on any atom is 0.132 e. The third-order valence-corrected chi connectivity index (χ3v) is 3.78. The molecule has 0 radical (unpaired) electrons. The SMILES string of the molecule is Cc1nc(C2CCCCC2)nc2ccccc12. The molecule has 1 aliphatic carbocycles. The first-order valence-electron chi connectivity index (χ1n) is 6.58. The number of aryl methyl sites for hydroxylation is 1. The number of nitrogens with zero attached hydrogens (tertiary/aromatic N) is 2. The van der Waals surface area contributed by atoms with Gasteiger partial charge in [-0.1, -0.05) is 37.5 Å². The van der Waals surface area contributed by atoms with Crippen molar-refractivity contribution in [3.05, 3.63) is 35.8 Å². The number of benzene rings is 1. The van der Waals surface area contributed by atoms with E-state index in [0.29, 0.717) is 5.92 Å². The smallest absolute Gasteiger partial charge is 0.132 e. The van der Waals surface area contributed by atoms with E-state index in [2.05, 4.69) is 31.2 Å². The molecule has 88 valence electrons. The predicted octanol–water partition coefficient (Wildman–Crippen LogP) is 3.99. The van der Waals surface area contributed by atoms with Crippen molar-refractivity contribution in [1.29, 1.82) is 0 Å². The van der Waals surface area contributed by atoms with Gasteiger partial charge in [-0.2, -0.15) is 0 Å². The van der Waals surface area contributed by atoms with Crippen molar-refractivity contribution in [2.45, 2.75) is 44.9 Å². The molecule has 1 aromatic carbocycles. The van der Waals surface area contributed by atoms with E-state index in [4.69, 9.17) is 9.97 Å². The highest BCUT2D eigenvalue weighted by atomic mass is 14.9. The van der Waals surface area contributed by atoms with Gasteiger partial charge in [-0.05, 0) is 25.8 Å². The fourth-order valence-electron chi connectivity index (χ4n) is 2.80. The highest BCUT2D eigenvalue weighted by Gasteiger charge is 2.18. The molecule has 2 nitrogen and oxygen atoms in total. The lowest BCUT2D eigenvalue weighted by atomic mass is 9.88. The van der Waals surface area contributed by atoms with Crippen LogP contribution in [-0.4, -0.2) is 9.97 Å². The molecule has 1 aromatic heterocycles. The number of fused-ring (bicyclic) bond motifs is 1. The van der Waals surface area contributed by atoms with Gasteiger partial charge in [0.2, 0.25) is 0 Å². The van der Waals surface area contributed by atoms with Crippen molar-refractivity contribution in [3.8, 4) is 0 Å². The summed E-state index contributed by atoms with van der Waals surface area (Å²) < 4.78 is 0. The minimum Gasteiger partial charge on any atom is -0.237 e. The van der Waals surface area contributed by atoms with Gasteiger partial charge in [-0.15, -0.1) is 0 Å². The lowest BCUT2D eigenvalue weighted by Gasteiger charge is -2.20. The Labute approximate surface area is 102 Å². The van der Waals surface area contributed by atoms with Crippen molar-refractivity contribution in [3.63, 3.8) is 0 Å². The average Bonchev–Trinajstić information content (AvgIpc) is 2.40. The Morgan fingerprint density at radius 1 is 1.00 bits per heavy atom. The van der Waals surface area contributed by atoms with Crippen molar-refractivity contribution in [1.82, 2.24) is 9.97 Å². The summed E-state index contributed by atoms with van der Waals surface area (Å²) in [5, 5.41) is 1.19. The van der Waals surface area contributed by atoms with Crippen LogP contribution in [0.3, 0.4) is 0 Å². The Morgan fingerprint density at radius 3 is 2.59 bits per heavy atom. The second-order valence-corrected chi connectivity index (χ2v) is 5.02. The Kier molecular flexibility index (Phi) is 2.79. The Balaban J connectivity index is 2.05. The van der Waals surface area contributed by atoms with Crippen molar-refractivity contribution < 1.29 is 0 Å². The van der Waals surface area contributed by atoms with E-state index in [1.165, 1.54) is 37.5 Å². The average molecular weight is 226 g/mol. The van der Waals surface area contributed by atoms with Crippen LogP contribution >= 0.6 is 0 Å². The van der Waals surface area contributed by atoms with Gasteiger partial charge in [0.15, 0.2) is 0 Å². The Bertz CT molecular complexity index is 527. The summed E-state index contributed by atoms with van der Waals surface area (Å²) in [5.74, 6) is 1.66. The summed E-state index contributed by atoms with van der Waals surface area (Å²) in [5.41, 5.74) is 2.22. The van der Waals surface area contributed by atoms with Crippen LogP contribution in [0.25, 0.3) is 10.9 Å². The molecule has 0 bridgehead atoms. The second-order valence-electron chi connectivity index (χ2n) is 5.02. The quantitative estimate of drug-likeness (QED) is 0.735. The van der Waals surface area contributed by atoms with Crippen LogP contribution in [-0.2, 0) is 0 Å². The number of aromatic nitrogens is 2. The van der Waals surface area contributed by atoms with E-state index in [-0.39, 0.29) is 0 Å². The molecule has 1 fully saturated rings. The Morgan fingerprint density at radius 2 is 1.76 bits per heavy atom. The molecule has 1 saturated carbocycles. The van der Waals surface area contributed by atoms with Gasteiger partial charge in [0, 0.05) is 17.0 Å². The molecule has 0 atom stereocenters. The third kappa shape index (κ3) is 2.04. The summed E-state index contributed by atoms with van der Waals surface area (Å²) in [6.45, 7) is 2.09. The first kappa shape index (κ1) is 10.7. The summed E-state index contributed by atoms with van der Waals surface area (Å²) in [6.07, 6.45) is 6.57. The van der Waals surface area contributed by atoms with Crippen LogP contribution in [0.4, 0.5) is 0 Å². The highest BCUT2D eigenvalue weighted by Crippen LogP contribution is 2.31. The standard InChI is InChI=1S/C15H18N2/c1-11-13-9-5-6-10-14(13)17-15(16-11)12-7-3-2-4-8-12/h5-6,9-10,12H,2-4,7-8H2,1H3. The molecule has 0 unspecified atom stereocenters. The fraction of sp³-hybridized carbons (Fsp3) is 0.467. The molecule has 1 aliphatic rings. The lowest BCUT2D eigenvalue weighted by molar-refractivity contribution is 0.429. The summed E-state index contributed by atoms with van der Waals surface area (Å²) >= 11 is 0. The molecule has 2 heteroatoms. The molecule has 1 heterocycles. The second kappa shape index (κ2) is 4.44. The van der Waals surface area contributed by atoms with Gasteiger partial charge in [0.25, 0.3) is 0 Å². The summed E-state index contributed by atoms with van der Waals surface area (Å²) in [7, 11) is 0. The van der Waals surface area contributed by atoms with Crippen LogP contribution in [0.15, 0.2) is 24.3 Å². The zero-order chi connectivity index (χ0) is 11.7. The minimum absolute atomic E-state index is 0.590.